The van der Waals surface area contributed by atoms with Crippen molar-refractivity contribution in [2.45, 2.75) is 64.0 Å². The Bertz CT molecular complexity index is 654. The molecule has 2 fully saturated rings. The minimum absolute atomic E-state index is 0.00317. The van der Waals surface area contributed by atoms with E-state index in [0.717, 1.165) is 36.1 Å². The van der Waals surface area contributed by atoms with E-state index >= 15 is 0 Å². The minimum Gasteiger partial charge on any atom is -0.392 e. The number of hydrogen-bond acceptors (Lipinski definition) is 4. The molecule has 6 heteroatoms. The van der Waals surface area contributed by atoms with Crippen molar-refractivity contribution < 1.29 is 14.7 Å². The maximum Gasteiger partial charge on any atom is 0.246 e. The molecule has 2 N–H and O–H groups in total. The molecule has 0 bridgehead atoms. The van der Waals surface area contributed by atoms with E-state index in [1.807, 2.05) is 16.3 Å². The Morgan fingerprint density at radius 3 is 2.48 bits per heavy atom. The number of aliphatic hydroxyl groups excluding tert-OH is 1. The molecule has 2 amide bonds. The van der Waals surface area contributed by atoms with Gasteiger partial charge in [0.05, 0.1) is 6.61 Å². The first-order valence-corrected chi connectivity index (χ1v) is 11.0. The van der Waals surface area contributed by atoms with Crippen molar-refractivity contribution >= 4 is 29.2 Å². The van der Waals surface area contributed by atoms with Gasteiger partial charge in [-0.3, -0.25) is 9.59 Å². The molecular weight excluding hydrogens is 360 g/mol. The number of thiophene rings is 1. The van der Waals surface area contributed by atoms with Gasteiger partial charge in [-0.1, -0.05) is 25.7 Å². The Hall–Kier alpha value is -1.66. The lowest BCUT2D eigenvalue weighted by atomic mass is 9.95. The highest BCUT2D eigenvalue weighted by molar-refractivity contribution is 7.11. The van der Waals surface area contributed by atoms with Crippen molar-refractivity contribution in [3.63, 3.8) is 0 Å². The van der Waals surface area contributed by atoms with E-state index in [4.69, 9.17) is 5.11 Å². The number of nitrogens with one attached hydrogen (secondary N) is 1. The van der Waals surface area contributed by atoms with Crippen LogP contribution >= 0.6 is 11.3 Å². The van der Waals surface area contributed by atoms with Crippen LogP contribution < -0.4 is 5.32 Å². The predicted molar refractivity (Wildman–Crippen MR) is 108 cm³/mol. The second-order valence-electron chi connectivity index (χ2n) is 7.65. The number of likely N-dealkylation sites (tertiary alicyclic amines) is 1. The van der Waals surface area contributed by atoms with Crippen LogP contribution in [0, 0.1) is 5.92 Å². The zero-order chi connectivity index (χ0) is 19.1. The van der Waals surface area contributed by atoms with Crippen LogP contribution in [0.1, 0.15) is 61.8 Å². The first kappa shape index (κ1) is 20.1. The third-order valence-corrected chi connectivity index (χ3v) is 6.57. The van der Waals surface area contributed by atoms with Gasteiger partial charge >= 0.3 is 0 Å². The average molecular weight is 391 g/mol. The van der Waals surface area contributed by atoms with E-state index in [0.29, 0.717) is 19.1 Å². The van der Waals surface area contributed by atoms with E-state index in [1.54, 1.807) is 12.2 Å². The van der Waals surface area contributed by atoms with Crippen LogP contribution in [-0.2, 0) is 16.2 Å². The normalized spacial score (nSPS) is 20.0. The fourth-order valence-electron chi connectivity index (χ4n) is 3.93. The highest BCUT2D eigenvalue weighted by atomic mass is 32.1. The summed E-state index contributed by atoms with van der Waals surface area (Å²) < 4.78 is 0. The van der Waals surface area contributed by atoms with Crippen molar-refractivity contribution in [3.05, 3.63) is 28.0 Å². The van der Waals surface area contributed by atoms with Gasteiger partial charge in [-0.25, -0.2) is 0 Å². The van der Waals surface area contributed by atoms with E-state index < -0.39 is 0 Å². The maximum atomic E-state index is 12.5. The molecule has 1 aromatic heterocycles. The van der Waals surface area contributed by atoms with Gasteiger partial charge in [0.15, 0.2) is 0 Å². The summed E-state index contributed by atoms with van der Waals surface area (Å²) in [6.07, 6.45) is 12.1. The molecule has 0 spiro atoms. The fourth-order valence-corrected chi connectivity index (χ4v) is 4.72. The van der Waals surface area contributed by atoms with Crippen LogP contribution in [0.5, 0.6) is 0 Å². The first-order chi connectivity index (χ1) is 13.2. The van der Waals surface area contributed by atoms with Crippen LogP contribution in [-0.4, -0.2) is 41.0 Å². The molecule has 27 heavy (non-hydrogen) atoms. The lowest BCUT2D eigenvalue weighted by Gasteiger charge is -2.31. The maximum absolute atomic E-state index is 12.5. The van der Waals surface area contributed by atoms with Gasteiger partial charge in [0.2, 0.25) is 11.8 Å². The summed E-state index contributed by atoms with van der Waals surface area (Å²) in [5.41, 5.74) is 0.868. The van der Waals surface area contributed by atoms with Crippen LogP contribution in [0.4, 0.5) is 0 Å². The molecule has 2 heterocycles. The Morgan fingerprint density at radius 1 is 1.15 bits per heavy atom. The molecule has 5 nitrogen and oxygen atoms in total. The van der Waals surface area contributed by atoms with Crippen molar-refractivity contribution in [2.75, 3.05) is 13.1 Å². The van der Waals surface area contributed by atoms with Crippen LogP contribution in [0.15, 0.2) is 17.5 Å². The monoisotopic (exact) mass is 390 g/mol. The van der Waals surface area contributed by atoms with E-state index in [9.17, 15) is 9.59 Å². The molecule has 148 valence electrons. The number of rotatable bonds is 5. The standard InChI is InChI=1S/C21H30N2O3S/c24-14-16-13-19(27-15-16)7-8-20(25)23-11-9-17(10-12-23)21(26)22-18-5-3-1-2-4-6-18/h7-8,13,15,17-18,24H,1-6,9-12,14H2,(H,22,26)/b8-7+. The van der Waals surface area contributed by atoms with Gasteiger partial charge in [-0.05, 0) is 48.8 Å². The number of nitrogens with zero attached hydrogens (tertiary/aromatic N) is 1. The summed E-state index contributed by atoms with van der Waals surface area (Å²) in [5.74, 6) is 0.210. The van der Waals surface area contributed by atoms with Gasteiger partial charge in [0, 0.05) is 36.0 Å². The quantitative estimate of drug-likeness (QED) is 0.598. The second kappa shape index (κ2) is 10.0. The Labute approximate surface area is 165 Å². The molecule has 1 saturated carbocycles. The van der Waals surface area contributed by atoms with Gasteiger partial charge in [0.25, 0.3) is 0 Å². The molecule has 3 rings (SSSR count). The Morgan fingerprint density at radius 2 is 1.85 bits per heavy atom. The molecule has 1 aromatic rings. The number of carbonyl (C=O) groups excluding carboxylic acids is 2. The molecule has 0 unspecified atom stereocenters. The smallest absolute Gasteiger partial charge is 0.246 e. The lowest BCUT2D eigenvalue weighted by Crippen LogP contribution is -2.45. The molecule has 2 aliphatic rings. The number of hydrogen-bond donors (Lipinski definition) is 2. The fraction of sp³-hybridized carbons (Fsp3) is 0.619. The molecular formula is C21H30N2O3S. The van der Waals surface area contributed by atoms with Crippen molar-refractivity contribution in [2.24, 2.45) is 5.92 Å². The molecule has 0 aromatic carbocycles. The molecule has 0 atom stereocenters. The van der Waals surface area contributed by atoms with Crippen LogP contribution in [0.2, 0.25) is 0 Å². The number of amides is 2. The Kier molecular flexibility index (Phi) is 7.47. The molecule has 0 radical (unpaired) electrons. The summed E-state index contributed by atoms with van der Waals surface area (Å²) in [4.78, 5) is 27.7. The SMILES string of the molecule is O=C(NC1CCCCCC1)C1CCN(C(=O)/C=C/c2cc(CO)cs2)CC1. The number of aliphatic hydroxyl groups is 1. The lowest BCUT2D eigenvalue weighted by molar-refractivity contribution is -0.132. The van der Waals surface area contributed by atoms with Gasteiger partial charge < -0.3 is 15.3 Å². The third kappa shape index (κ3) is 5.91. The van der Waals surface area contributed by atoms with Crippen molar-refractivity contribution in [1.82, 2.24) is 10.2 Å². The highest BCUT2D eigenvalue weighted by Gasteiger charge is 2.28. The van der Waals surface area contributed by atoms with E-state index in [-0.39, 0.29) is 24.3 Å². The zero-order valence-corrected chi connectivity index (χ0v) is 16.7. The predicted octanol–water partition coefficient (Wildman–Crippen LogP) is 3.33. The van der Waals surface area contributed by atoms with Crippen molar-refractivity contribution in [3.8, 4) is 0 Å². The van der Waals surface area contributed by atoms with Crippen molar-refractivity contribution in [1.29, 1.82) is 0 Å². The zero-order valence-electron chi connectivity index (χ0n) is 15.9. The second-order valence-corrected chi connectivity index (χ2v) is 8.59. The van der Waals surface area contributed by atoms with E-state index in [1.165, 1.54) is 37.0 Å². The Balaban J connectivity index is 1.43. The van der Waals surface area contributed by atoms with E-state index in [2.05, 4.69) is 5.32 Å². The first-order valence-electron chi connectivity index (χ1n) is 10.1. The molecule has 1 aliphatic heterocycles. The van der Waals surface area contributed by atoms with Crippen LogP contribution in [0.3, 0.4) is 0 Å². The average Bonchev–Trinajstić information content (AvgIpc) is 3.01. The van der Waals surface area contributed by atoms with Gasteiger partial charge in [0.1, 0.15) is 0 Å². The molecule has 1 aliphatic carbocycles. The number of carbonyl (C=O) groups is 2. The molecule has 1 saturated heterocycles. The van der Waals surface area contributed by atoms with Gasteiger partial charge in [-0.15, -0.1) is 11.3 Å². The summed E-state index contributed by atoms with van der Waals surface area (Å²) in [6, 6.07) is 2.23. The number of piperidine rings is 1. The highest BCUT2D eigenvalue weighted by Crippen LogP contribution is 2.22. The summed E-state index contributed by atoms with van der Waals surface area (Å²) in [6.45, 7) is 1.30. The largest absolute Gasteiger partial charge is 0.392 e. The minimum atomic E-state index is -0.00317. The summed E-state index contributed by atoms with van der Waals surface area (Å²) >= 11 is 1.51. The van der Waals surface area contributed by atoms with Crippen LogP contribution in [0.25, 0.3) is 6.08 Å². The summed E-state index contributed by atoms with van der Waals surface area (Å²) in [7, 11) is 0. The summed E-state index contributed by atoms with van der Waals surface area (Å²) in [5, 5.41) is 14.2. The third-order valence-electron chi connectivity index (χ3n) is 5.63. The topological polar surface area (TPSA) is 69.6 Å². The van der Waals surface area contributed by atoms with Gasteiger partial charge in [-0.2, -0.15) is 0 Å².